The van der Waals surface area contributed by atoms with E-state index in [-0.39, 0.29) is 0 Å². The second-order valence-electron chi connectivity index (χ2n) is 5.16. The first-order valence-corrected chi connectivity index (χ1v) is 7.25. The van der Waals surface area contributed by atoms with Crippen LogP contribution < -0.4 is 10.1 Å². The lowest BCUT2D eigenvalue weighted by molar-refractivity contribution is 0.469. The lowest BCUT2D eigenvalue weighted by Gasteiger charge is -2.14. The van der Waals surface area contributed by atoms with Crippen molar-refractivity contribution >= 4 is 11.6 Å². The zero-order chi connectivity index (χ0) is 14.4. The van der Waals surface area contributed by atoms with Crippen molar-refractivity contribution in [1.29, 1.82) is 0 Å². The molecule has 20 heavy (non-hydrogen) atoms. The highest BCUT2D eigenvalue weighted by Crippen LogP contribution is 2.30. The molecular formula is C17H20ClNO. The molecule has 0 aliphatic carbocycles. The van der Waals surface area contributed by atoms with Gasteiger partial charge in [0.2, 0.25) is 0 Å². The molecule has 0 spiro atoms. The molecular weight excluding hydrogens is 270 g/mol. The first kappa shape index (κ1) is 14.9. The lowest BCUT2D eigenvalue weighted by Crippen LogP contribution is -2.19. The highest BCUT2D eigenvalue weighted by molar-refractivity contribution is 6.31. The molecule has 3 heteroatoms. The predicted octanol–water partition coefficient (Wildman–Crippen LogP) is 4.88. The normalized spacial score (nSPS) is 10.8. The van der Waals surface area contributed by atoms with Gasteiger partial charge >= 0.3 is 0 Å². The molecule has 0 heterocycles. The smallest absolute Gasteiger partial charge is 0.133 e. The van der Waals surface area contributed by atoms with E-state index in [2.05, 4.69) is 19.2 Å². The molecule has 2 aromatic rings. The van der Waals surface area contributed by atoms with Crippen LogP contribution >= 0.6 is 11.6 Å². The Bertz CT molecular complexity index is 540. The Morgan fingerprint density at radius 3 is 2.50 bits per heavy atom. The van der Waals surface area contributed by atoms with Crippen LogP contribution in [-0.2, 0) is 6.54 Å². The number of halogens is 1. The third kappa shape index (κ3) is 4.26. The summed E-state index contributed by atoms with van der Waals surface area (Å²) in [5.74, 6) is 2.23. The zero-order valence-corrected chi connectivity index (χ0v) is 12.7. The average Bonchev–Trinajstić information content (AvgIpc) is 2.43. The van der Waals surface area contributed by atoms with E-state index in [0.29, 0.717) is 12.5 Å². The summed E-state index contributed by atoms with van der Waals surface area (Å²) < 4.78 is 5.92. The summed E-state index contributed by atoms with van der Waals surface area (Å²) in [6.07, 6.45) is 0. The second kappa shape index (κ2) is 7.32. The Labute approximate surface area is 125 Å². The van der Waals surface area contributed by atoms with E-state index in [1.807, 2.05) is 48.5 Å². The predicted molar refractivity (Wildman–Crippen MR) is 84.5 cm³/mol. The number of hydrogen-bond acceptors (Lipinski definition) is 2. The highest BCUT2D eigenvalue weighted by atomic mass is 35.5. The quantitative estimate of drug-likeness (QED) is 0.818. The fourth-order valence-corrected chi connectivity index (χ4v) is 2.14. The van der Waals surface area contributed by atoms with E-state index < -0.39 is 0 Å². The van der Waals surface area contributed by atoms with Crippen molar-refractivity contribution in [2.75, 3.05) is 6.54 Å². The number of nitrogens with one attached hydrogen (secondary N) is 1. The van der Waals surface area contributed by atoms with Crippen molar-refractivity contribution in [2.45, 2.75) is 20.4 Å². The summed E-state index contributed by atoms with van der Waals surface area (Å²) in [6.45, 7) is 6.03. The van der Waals surface area contributed by atoms with Gasteiger partial charge in [-0.3, -0.25) is 0 Å². The van der Waals surface area contributed by atoms with Crippen LogP contribution in [-0.4, -0.2) is 6.54 Å². The van der Waals surface area contributed by atoms with E-state index in [4.69, 9.17) is 16.3 Å². The SMILES string of the molecule is CC(C)CNCc1c(Cl)cccc1Oc1ccccc1. The van der Waals surface area contributed by atoms with E-state index >= 15 is 0 Å². The summed E-state index contributed by atoms with van der Waals surface area (Å²) >= 11 is 6.29. The van der Waals surface area contributed by atoms with Crippen molar-refractivity contribution in [1.82, 2.24) is 5.32 Å². The van der Waals surface area contributed by atoms with Gasteiger partial charge in [-0.1, -0.05) is 49.7 Å². The van der Waals surface area contributed by atoms with Crippen molar-refractivity contribution in [2.24, 2.45) is 5.92 Å². The van der Waals surface area contributed by atoms with Gasteiger partial charge in [-0.25, -0.2) is 0 Å². The lowest BCUT2D eigenvalue weighted by atomic mass is 10.1. The zero-order valence-electron chi connectivity index (χ0n) is 11.9. The maximum absolute atomic E-state index is 6.29. The summed E-state index contributed by atoms with van der Waals surface area (Å²) in [5.41, 5.74) is 0.999. The fourth-order valence-electron chi connectivity index (χ4n) is 1.91. The molecule has 0 aliphatic heterocycles. The monoisotopic (exact) mass is 289 g/mol. The Hall–Kier alpha value is -1.51. The molecule has 0 fully saturated rings. The molecule has 0 saturated carbocycles. The Morgan fingerprint density at radius 1 is 1.05 bits per heavy atom. The van der Waals surface area contributed by atoms with Crippen molar-refractivity contribution in [3.8, 4) is 11.5 Å². The summed E-state index contributed by atoms with van der Waals surface area (Å²) in [7, 11) is 0. The van der Waals surface area contributed by atoms with Gasteiger partial charge in [0.15, 0.2) is 0 Å². The number of rotatable bonds is 6. The highest BCUT2D eigenvalue weighted by Gasteiger charge is 2.09. The number of ether oxygens (including phenoxy) is 1. The molecule has 106 valence electrons. The van der Waals surface area contributed by atoms with Crippen LogP contribution in [0.2, 0.25) is 5.02 Å². The molecule has 0 amide bonds. The Kier molecular flexibility index (Phi) is 5.45. The van der Waals surface area contributed by atoms with Crippen LogP contribution in [0.5, 0.6) is 11.5 Å². The van der Waals surface area contributed by atoms with E-state index in [1.54, 1.807) is 0 Å². The van der Waals surface area contributed by atoms with Gasteiger partial charge in [0.05, 0.1) is 0 Å². The molecule has 0 bridgehead atoms. The summed E-state index contributed by atoms with van der Waals surface area (Å²) in [6, 6.07) is 15.5. The third-order valence-corrected chi connectivity index (χ3v) is 3.26. The van der Waals surface area contributed by atoms with Crippen molar-refractivity contribution in [3.05, 3.63) is 59.1 Å². The van der Waals surface area contributed by atoms with E-state index in [1.165, 1.54) is 0 Å². The minimum absolute atomic E-state index is 0.607. The van der Waals surface area contributed by atoms with Gasteiger partial charge in [0.1, 0.15) is 11.5 Å². The summed E-state index contributed by atoms with van der Waals surface area (Å²) in [4.78, 5) is 0. The molecule has 0 unspecified atom stereocenters. The molecule has 2 nitrogen and oxygen atoms in total. The van der Waals surface area contributed by atoms with Gasteiger partial charge in [-0.05, 0) is 36.7 Å². The van der Waals surface area contributed by atoms with Crippen molar-refractivity contribution in [3.63, 3.8) is 0 Å². The summed E-state index contributed by atoms with van der Waals surface area (Å²) in [5, 5.41) is 4.13. The molecule has 2 rings (SSSR count). The van der Waals surface area contributed by atoms with Crippen LogP contribution in [0.3, 0.4) is 0 Å². The maximum Gasteiger partial charge on any atom is 0.133 e. The van der Waals surface area contributed by atoms with Gasteiger partial charge in [-0.2, -0.15) is 0 Å². The number of hydrogen-bond donors (Lipinski definition) is 1. The van der Waals surface area contributed by atoms with Gasteiger partial charge in [-0.15, -0.1) is 0 Å². The van der Waals surface area contributed by atoms with Crippen LogP contribution in [0.4, 0.5) is 0 Å². The van der Waals surface area contributed by atoms with E-state index in [9.17, 15) is 0 Å². The molecule has 2 aromatic carbocycles. The standard InChI is InChI=1S/C17H20ClNO/c1-13(2)11-19-12-15-16(18)9-6-10-17(15)20-14-7-4-3-5-8-14/h3-10,13,19H,11-12H2,1-2H3. The minimum Gasteiger partial charge on any atom is -0.457 e. The maximum atomic E-state index is 6.29. The van der Waals surface area contributed by atoms with E-state index in [0.717, 1.165) is 28.6 Å². The van der Waals surface area contributed by atoms with Gasteiger partial charge in [0.25, 0.3) is 0 Å². The topological polar surface area (TPSA) is 21.3 Å². The third-order valence-electron chi connectivity index (χ3n) is 2.90. The second-order valence-corrected chi connectivity index (χ2v) is 5.56. The number of benzene rings is 2. The van der Waals surface area contributed by atoms with Gasteiger partial charge in [0, 0.05) is 17.1 Å². The molecule has 0 aromatic heterocycles. The fraction of sp³-hybridized carbons (Fsp3) is 0.294. The minimum atomic E-state index is 0.607. The number of para-hydroxylation sites is 1. The first-order chi connectivity index (χ1) is 9.66. The van der Waals surface area contributed by atoms with Crippen molar-refractivity contribution < 1.29 is 4.74 Å². The van der Waals surface area contributed by atoms with Crippen LogP contribution in [0.25, 0.3) is 0 Å². The Balaban J connectivity index is 2.13. The van der Waals surface area contributed by atoms with Crippen LogP contribution in [0, 0.1) is 5.92 Å². The van der Waals surface area contributed by atoms with Gasteiger partial charge < -0.3 is 10.1 Å². The van der Waals surface area contributed by atoms with Crippen LogP contribution in [0.1, 0.15) is 19.4 Å². The largest absolute Gasteiger partial charge is 0.457 e. The molecule has 0 saturated heterocycles. The molecule has 0 atom stereocenters. The first-order valence-electron chi connectivity index (χ1n) is 6.88. The molecule has 0 radical (unpaired) electrons. The molecule has 1 N–H and O–H groups in total. The Morgan fingerprint density at radius 2 is 1.80 bits per heavy atom. The molecule has 0 aliphatic rings. The van der Waals surface area contributed by atoms with Crippen LogP contribution in [0.15, 0.2) is 48.5 Å². The average molecular weight is 290 g/mol.